The molecule has 0 aliphatic carbocycles. The number of carbonyl (C=O) groups excluding carboxylic acids is 1. The van der Waals surface area contributed by atoms with Gasteiger partial charge in [-0.15, -0.1) is 0 Å². The van der Waals surface area contributed by atoms with Crippen molar-refractivity contribution in [2.75, 3.05) is 7.11 Å². The molecule has 0 aromatic rings. The Morgan fingerprint density at radius 1 is 1.47 bits per heavy atom. The molecule has 1 rings (SSSR count). The molecule has 0 spiro atoms. The molecule has 0 aromatic carbocycles. The molecule has 0 amide bonds. The normalized spacial score (nSPS) is 30.2. The number of carbonyl (C=O) groups is 1. The first-order valence-electron chi connectivity index (χ1n) is 5.60. The lowest BCUT2D eigenvalue weighted by Crippen LogP contribution is -2.35. The van der Waals surface area contributed by atoms with Crippen LogP contribution in [-0.4, -0.2) is 25.3 Å². The van der Waals surface area contributed by atoms with Crippen molar-refractivity contribution in [3.05, 3.63) is 12.2 Å². The minimum atomic E-state index is -0.506. The van der Waals surface area contributed by atoms with Gasteiger partial charge in [0.25, 0.3) is 0 Å². The van der Waals surface area contributed by atoms with Crippen molar-refractivity contribution in [2.24, 2.45) is 5.92 Å². The third-order valence-electron chi connectivity index (χ3n) is 2.77. The Morgan fingerprint density at radius 3 is 2.80 bits per heavy atom. The van der Waals surface area contributed by atoms with Gasteiger partial charge >= 0.3 is 5.97 Å². The quantitative estimate of drug-likeness (QED) is 0.530. The minimum absolute atomic E-state index is 0.152. The van der Waals surface area contributed by atoms with Crippen LogP contribution in [0.3, 0.4) is 0 Å². The van der Waals surface area contributed by atoms with E-state index in [2.05, 4.69) is 18.6 Å². The van der Waals surface area contributed by atoms with E-state index in [-0.39, 0.29) is 12.1 Å². The molecule has 0 saturated heterocycles. The van der Waals surface area contributed by atoms with E-state index in [1.54, 1.807) is 6.08 Å². The maximum Gasteiger partial charge on any atom is 0.339 e. The van der Waals surface area contributed by atoms with Gasteiger partial charge in [-0.25, -0.2) is 4.79 Å². The van der Waals surface area contributed by atoms with Crippen molar-refractivity contribution in [1.29, 1.82) is 0 Å². The SMILES string of the molecule is CCCC[C@H]1O[C@H](C(=O)OC)C=C[C@H]1C. The average Bonchev–Trinajstić information content (AvgIpc) is 2.27. The molecule has 3 heteroatoms. The highest BCUT2D eigenvalue weighted by molar-refractivity contribution is 5.76. The second-order valence-electron chi connectivity index (χ2n) is 4.00. The van der Waals surface area contributed by atoms with E-state index in [0.717, 1.165) is 19.3 Å². The Labute approximate surface area is 91.4 Å². The molecule has 0 radical (unpaired) electrons. The van der Waals surface area contributed by atoms with Crippen LogP contribution in [0.15, 0.2) is 12.2 Å². The van der Waals surface area contributed by atoms with Crippen LogP contribution in [0.5, 0.6) is 0 Å². The van der Waals surface area contributed by atoms with E-state index in [1.165, 1.54) is 7.11 Å². The van der Waals surface area contributed by atoms with Crippen LogP contribution >= 0.6 is 0 Å². The Kier molecular flexibility index (Phi) is 4.82. The molecule has 3 atom stereocenters. The van der Waals surface area contributed by atoms with Crippen molar-refractivity contribution in [3.63, 3.8) is 0 Å². The van der Waals surface area contributed by atoms with E-state index < -0.39 is 6.10 Å². The van der Waals surface area contributed by atoms with Crippen molar-refractivity contribution in [3.8, 4) is 0 Å². The fourth-order valence-corrected chi connectivity index (χ4v) is 1.74. The molecule has 1 aliphatic heterocycles. The molecule has 0 N–H and O–H groups in total. The number of esters is 1. The molecule has 15 heavy (non-hydrogen) atoms. The fourth-order valence-electron chi connectivity index (χ4n) is 1.74. The maximum absolute atomic E-state index is 11.3. The Morgan fingerprint density at radius 2 is 2.20 bits per heavy atom. The van der Waals surface area contributed by atoms with E-state index in [4.69, 9.17) is 4.74 Å². The van der Waals surface area contributed by atoms with Gasteiger partial charge in [0.1, 0.15) is 0 Å². The highest BCUT2D eigenvalue weighted by Gasteiger charge is 2.28. The topological polar surface area (TPSA) is 35.5 Å². The van der Waals surface area contributed by atoms with Gasteiger partial charge < -0.3 is 9.47 Å². The van der Waals surface area contributed by atoms with Crippen LogP contribution in [0.4, 0.5) is 0 Å². The summed E-state index contributed by atoms with van der Waals surface area (Å²) in [5.74, 6) is 0.0807. The minimum Gasteiger partial charge on any atom is -0.467 e. The summed E-state index contributed by atoms with van der Waals surface area (Å²) in [6.45, 7) is 4.27. The Bertz CT molecular complexity index is 235. The first-order valence-corrected chi connectivity index (χ1v) is 5.60. The summed E-state index contributed by atoms with van der Waals surface area (Å²) in [5.41, 5.74) is 0. The molecule has 0 aromatic heterocycles. The summed E-state index contributed by atoms with van der Waals surface area (Å²) in [6, 6.07) is 0. The predicted molar refractivity (Wildman–Crippen MR) is 58.5 cm³/mol. The maximum atomic E-state index is 11.3. The standard InChI is InChI=1S/C12H20O3/c1-4-5-6-10-9(2)7-8-11(15-10)12(13)14-3/h7-11H,4-6H2,1-3H3/t9-,10-,11+/m1/s1. The lowest BCUT2D eigenvalue weighted by molar-refractivity contribution is -0.156. The van der Waals surface area contributed by atoms with Crippen LogP contribution in [0, 0.1) is 5.92 Å². The summed E-state index contributed by atoms with van der Waals surface area (Å²) in [5, 5.41) is 0. The van der Waals surface area contributed by atoms with Gasteiger partial charge in [-0.2, -0.15) is 0 Å². The molecule has 1 heterocycles. The van der Waals surface area contributed by atoms with Gasteiger partial charge in [-0.3, -0.25) is 0 Å². The molecule has 0 unspecified atom stereocenters. The van der Waals surface area contributed by atoms with Gasteiger partial charge in [0.15, 0.2) is 6.10 Å². The molecule has 1 aliphatic rings. The Hall–Kier alpha value is -0.830. The van der Waals surface area contributed by atoms with Crippen molar-refractivity contribution < 1.29 is 14.3 Å². The van der Waals surface area contributed by atoms with Crippen molar-refractivity contribution in [1.82, 2.24) is 0 Å². The summed E-state index contributed by atoms with van der Waals surface area (Å²) in [7, 11) is 1.39. The zero-order valence-electron chi connectivity index (χ0n) is 9.73. The molecule has 0 saturated carbocycles. The average molecular weight is 212 g/mol. The highest BCUT2D eigenvalue weighted by Crippen LogP contribution is 2.23. The summed E-state index contributed by atoms with van der Waals surface area (Å²) in [4.78, 5) is 11.3. The second kappa shape index (κ2) is 5.91. The van der Waals surface area contributed by atoms with E-state index in [9.17, 15) is 4.79 Å². The molecule has 3 nitrogen and oxygen atoms in total. The molecular formula is C12H20O3. The van der Waals surface area contributed by atoms with E-state index in [1.807, 2.05) is 6.08 Å². The largest absolute Gasteiger partial charge is 0.467 e. The zero-order valence-corrected chi connectivity index (χ0v) is 9.73. The third kappa shape index (κ3) is 3.34. The lowest BCUT2D eigenvalue weighted by atomic mass is 9.96. The fraction of sp³-hybridized carbons (Fsp3) is 0.750. The van der Waals surface area contributed by atoms with E-state index in [0.29, 0.717) is 5.92 Å². The van der Waals surface area contributed by atoms with Gasteiger partial charge in [0.05, 0.1) is 13.2 Å². The molecule has 0 bridgehead atoms. The summed E-state index contributed by atoms with van der Waals surface area (Å²) in [6.07, 6.45) is 6.78. The number of hydrogen-bond acceptors (Lipinski definition) is 3. The van der Waals surface area contributed by atoms with Crippen LogP contribution in [0.1, 0.15) is 33.1 Å². The van der Waals surface area contributed by atoms with Gasteiger partial charge in [0.2, 0.25) is 0 Å². The Balaban J connectivity index is 2.53. The smallest absolute Gasteiger partial charge is 0.339 e. The first kappa shape index (κ1) is 12.2. The monoisotopic (exact) mass is 212 g/mol. The van der Waals surface area contributed by atoms with Crippen molar-refractivity contribution >= 4 is 5.97 Å². The van der Waals surface area contributed by atoms with Crippen LogP contribution in [0.25, 0.3) is 0 Å². The molecule has 86 valence electrons. The number of hydrogen-bond donors (Lipinski definition) is 0. The van der Waals surface area contributed by atoms with E-state index >= 15 is 0 Å². The lowest BCUT2D eigenvalue weighted by Gasteiger charge is -2.29. The summed E-state index contributed by atoms with van der Waals surface area (Å²) < 4.78 is 10.4. The molecule has 0 fully saturated rings. The first-order chi connectivity index (χ1) is 7.19. The number of rotatable bonds is 4. The van der Waals surface area contributed by atoms with Crippen LogP contribution in [-0.2, 0) is 14.3 Å². The van der Waals surface area contributed by atoms with Crippen LogP contribution < -0.4 is 0 Å². The highest BCUT2D eigenvalue weighted by atomic mass is 16.6. The summed E-state index contributed by atoms with van der Waals surface area (Å²) >= 11 is 0. The number of unbranched alkanes of at least 4 members (excludes halogenated alkanes) is 1. The van der Waals surface area contributed by atoms with Gasteiger partial charge in [-0.05, 0) is 12.5 Å². The van der Waals surface area contributed by atoms with Crippen molar-refractivity contribution in [2.45, 2.75) is 45.3 Å². The number of methoxy groups -OCH3 is 1. The number of ether oxygens (including phenoxy) is 2. The predicted octanol–water partition coefficient (Wildman–Crippen LogP) is 2.31. The van der Waals surface area contributed by atoms with Gasteiger partial charge in [-0.1, -0.05) is 32.8 Å². The third-order valence-corrected chi connectivity index (χ3v) is 2.77. The van der Waals surface area contributed by atoms with Crippen LogP contribution in [0.2, 0.25) is 0 Å². The second-order valence-corrected chi connectivity index (χ2v) is 4.00. The molecular weight excluding hydrogens is 192 g/mol. The van der Waals surface area contributed by atoms with Gasteiger partial charge in [0, 0.05) is 5.92 Å². The zero-order chi connectivity index (χ0) is 11.3.